The Bertz CT molecular complexity index is 841. The number of methoxy groups -OCH3 is 1. The number of aromatic nitrogens is 2. The van der Waals surface area contributed by atoms with Gasteiger partial charge in [0.15, 0.2) is 0 Å². The van der Waals surface area contributed by atoms with Crippen molar-refractivity contribution in [1.29, 1.82) is 0 Å². The monoisotopic (exact) mass is 338 g/mol. The molecule has 0 aliphatic carbocycles. The predicted molar refractivity (Wildman–Crippen MR) is 96.9 cm³/mol. The molecule has 0 saturated heterocycles. The summed E-state index contributed by atoms with van der Waals surface area (Å²) in [4.78, 5) is 8.63. The Morgan fingerprint density at radius 2 is 1.84 bits per heavy atom. The van der Waals surface area contributed by atoms with Crippen molar-refractivity contribution in [3.63, 3.8) is 0 Å². The highest BCUT2D eigenvalue weighted by Crippen LogP contribution is 2.25. The predicted octanol–water partition coefficient (Wildman–Crippen LogP) is 4.02. The van der Waals surface area contributed by atoms with Crippen molar-refractivity contribution in [1.82, 2.24) is 9.97 Å². The molecule has 0 spiro atoms. The van der Waals surface area contributed by atoms with E-state index in [0.29, 0.717) is 36.0 Å². The molecule has 3 aromatic rings. The van der Waals surface area contributed by atoms with Gasteiger partial charge in [0.1, 0.15) is 17.4 Å². The fraction of sp³-hybridized carbons (Fsp3) is 0.158. The van der Waals surface area contributed by atoms with E-state index in [4.69, 9.17) is 4.74 Å². The topological polar surface area (TPSA) is 59.1 Å². The Hall–Kier alpha value is -3.15. The minimum atomic E-state index is -0.189. The maximum atomic E-state index is 13.6. The Morgan fingerprint density at radius 3 is 2.68 bits per heavy atom. The van der Waals surface area contributed by atoms with E-state index in [1.54, 1.807) is 31.5 Å². The van der Waals surface area contributed by atoms with Gasteiger partial charge in [0.25, 0.3) is 0 Å². The van der Waals surface area contributed by atoms with E-state index in [1.807, 2.05) is 30.3 Å². The first-order valence-electron chi connectivity index (χ1n) is 7.96. The molecule has 0 saturated carbocycles. The summed E-state index contributed by atoms with van der Waals surface area (Å²) in [5, 5.41) is 6.32. The van der Waals surface area contributed by atoms with Crippen molar-refractivity contribution in [2.75, 3.05) is 24.3 Å². The fourth-order valence-electron chi connectivity index (χ4n) is 2.41. The third-order valence-corrected chi connectivity index (χ3v) is 3.67. The molecule has 0 unspecified atom stereocenters. The Kier molecular flexibility index (Phi) is 5.41. The summed E-state index contributed by atoms with van der Waals surface area (Å²) in [6.45, 7) is 0.575. The van der Waals surface area contributed by atoms with E-state index in [1.165, 1.54) is 6.07 Å². The zero-order valence-electron chi connectivity index (χ0n) is 13.9. The van der Waals surface area contributed by atoms with Crippen LogP contribution in [-0.2, 0) is 6.42 Å². The first-order chi connectivity index (χ1) is 12.3. The maximum Gasteiger partial charge on any atom is 0.229 e. The molecule has 2 N–H and O–H groups in total. The van der Waals surface area contributed by atoms with Crippen LogP contribution in [0.4, 0.5) is 21.8 Å². The average Bonchev–Trinajstić information content (AvgIpc) is 2.64. The molecular weight excluding hydrogens is 319 g/mol. The molecule has 0 bridgehead atoms. The Morgan fingerprint density at radius 1 is 1.04 bits per heavy atom. The summed E-state index contributed by atoms with van der Waals surface area (Å²) in [5.41, 5.74) is 1.46. The van der Waals surface area contributed by atoms with Crippen molar-refractivity contribution in [3.05, 3.63) is 72.2 Å². The number of nitrogens with one attached hydrogen (secondary N) is 2. The minimum Gasteiger partial charge on any atom is -0.495 e. The van der Waals surface area contributed by atoms with E-state index in [-0.39, 0.29) is 5.82 Å². The van der Waals surface area contributed by atoms with E-state index < -0.39 is 0 Å². The minimum absolute atomic E-state index is 0.189. The molecular formula is C19H19FN4O. The first kappa shape index (κ1) is 16.7. The van der Waals surface area contributed by atoms with E-state index in [9.17, 15) is 4.39 Å². The zero-order chi connectivity index (χ0) is 17.5. The van der Waals surface area contributed by atoms with Gasteiger partial charge in [-0.25, -0.2) is 9.37 Å². The lowest BCUT2D eigenvalue weighted by Gasteiger charge is -2.11. The third kappa shape index (κ3) is 4.44. The van der Waals surface area contributed by atoms with Gasteiger partial charge in [-0.2, -0.15) is 4.98 Å². The molecule has 0 aliphatic heterocycles. The highest BCUT2D eigenvalue weighted by molar-refractivity contribution is 5.62. The van der Waals surface area contributed by atoms with Crippen molar-refractivity contribution in [3.8, 4) is 5.75 Å². The summed E-state index contributed by atoms with van der Waals surface area (Å²) in [6, 6.07) is 16.1. The molecule has 0 aliphatic rings. The summed E-state index contributed by atoms with van der Waals surface area (Å²) in [7, 11) is 1.61. The third-order valence-electron chi connectivity index (χ3n) is 3.67. The number of nitrogens with zero attached hydrogens (tertiary/aromatic N) is 2. The zero-order valence-corrected chi connectivity index (χ0v) is 13.9. The van der Waals surface area contributed by atoms with Gasteiger partial charge in [0, 0.05) is 12.7 Å². The van der Waals surface area contributed by atoms with Gasteiger partial charge < -0.3 is 15.4 Å². The largest absolute Gasteiger partial charge is 0.495 e. The number of halogens is 1. The molecule has 2 aromatic carbocycles. The van der Waals surface area contributed by atoms with Crippen LogP contribution < -0.4 is 15.4 Å². The molecule has 3 rings (SSSR count). The lowest BCUT2D eigenvalue weighted by atomic mass is 10.1. The number of rotatable bonds is 7. The fourth-order valence-corrected chi connectivity index (χ4v) is 2.41. The Labute approximate surface area is 145 Å². The van der Waals surface area contributed by atoms with Crippen molar-refractivity contribution >= 4 is 17.5 Å². The van der Waals surface area contributed by atoms with Crippen LogP contribution in [0.2, 0.25) is 0 Å². The second-order valence-corrected chi connectivity index (χ2v) is 5.36. The van der Waals surface area contributed by atoms with Gasteiger partial charge in [-0.15, -0.1) is 0 Å². The van der Waals surface area contributed by atoms with Crippen LogP contribution in [0.3, 0.4) is 0 Å². The summed E-state index contributed by atoms with van der Waals surface area (Å²) >= 11 is 0. The molecule has 128 valence electrons. The van der Waals surface area contributed by atoms with E-state index in [2.05, 4.69) is 20.6 Å². The van der Waals surface area contributed by atoms with Crippen molar-refractivity contribution < 1.29 is 9.13 Å². The van der Waals surface area contributed by atoms with Crippen LogP contribution in [0.25, 0.3) is 0 Å². The number of para-hydroxylation sites is 2. The van der Waals surface area contributed by atoms with Gasteiger partial charge in [0.05, 0.1) is 12.8 Å². The van der Waals surface area contributed by atoms with Crippen LogP contribution >= 0.6 is 0 Å². The van der Waals surface area contributed by atoms with Gasteiger partial charge in [0.2, 0.25) is 5.95 Å². The molecule has 6 heteroatoms. The molecule has 1 aromatic heterocycles. The molecule has 0 atom stereocenters. The molecule has 0 fully saturated rings. The highest BCUT2D eigenvalue weighted by atomic mass is 19.1. The molecule has 1 heterocycles. The summed E-state index contributed by atoms with van der Waals surface area (Å²) < 4.78 is 18.9. The van der Waals surface area contributed by atoms with Crippen LogP contribution in [0.5, 0.6) is 5.75 Å². The van der Waals surface area contributed by atoms with Crippen LogP contribution in [0.1, 0.15) is 5.56 Å². The van der Waals surface area contributed by atoms with Gasteiger partial charge in [-0.05, 0) is 36.2 Å². The normalized spacial score (nSPS) is 10.3. The van der Waals surface area contributed by atoms with Crippen LogP contribution in [0, 0.1) is 5.82 Å². The van der Waals surface area contributed by atoms with Crippen LogP contribution in [0.15, 0.2) is 60.8 Å². The second kappa shape index (κ2) is 8.10. The van der Waals surface area contributed by atoms with Gasteiger partial charge in [-0.3, -0.25) is 0 Å². The van der Waals surface area contributed by atoms with Crippen molar-refractivity contribution in [2.45, 2.75) is 6.42 Å². The number of hydrogen-bond donors (Lipinski definition) is 2. The van der Waals surface area contributed by atoms with Gasteiger partial charge in [-0.1, -0.05) is 30.3 Å². The second-order valence-electron chi connectivity index (χ2n) is 5.36. The summed E-state index contributed by atoms with van der Waals surface area (Å²) in [6.07, 6.45) is 2.24. The summed E-state index contributed by atoms with van der Waals surface area (Å²) in [5.74, 6) is 1.65. The lowest BCUT2D eigenvalue weighted by Crippen LogP contribution is -2.08. The molecule has 25 heavy (non-hydrogen) atoms. The van der Waals surface area contributed by atoms with Gasteiger partial charge >= 0.3 is 0 Å². The standard InChI is InChI=1S/C19H19FN4O/c1-25-17-9-5-4-8-16(17)23-19-22-13-11-18(24-19)21-12-10-14-6-2-3-7-15(14)20/h2-9,11,13H,10,12H2,1H3,(H2,21,22,23,24). The van der Waals surface area contributed by atoms with E-state index >= 15 is 0 Å². The smallest absolute Gasteiger partial charge is 0.229 e. The lowest BCUT2D eigenvalue weighted by molar-refractivity contribution is 0.417. The van der Waals surface area contributed by atoms with Crippen LogP contribution in [-0.4, -0.2) is 23.6 Å². The number of anilines is 3. The number of benzene rings is 2. The Balaban J connectivity index is 1.62. The molecule has 0 amide bonds. The number of hydrogen-bond acceptors (Lipinski definition) is 5. The molecule has 0 radical (unpaired) electrons. The highest BCUT2D eigenvalue weighted by Gasteiger charge is 2.05. The molecule has 5 nitrogen and oxygen atoms in total. The maximum absolute atomic E-state index is 13.6. The quantitative estimate of drug-likeness (QED) is 0.681. The SMILES string of the molecule is COc1ccccc1Nc1nccc(NCCc2ccccc2F)n1. The average molecular weight is 338 g/mol. The van der Waals surface area contributed by atoms with E-state index in [0.717, 1.165) is 5.69 Å². The first-order valence-corrected chi connectivity index (χ1v) is 7.96. The number of ether oxygens (including phenoxy) is 1. The van der Waals surface area contributed by atoms with Crippen molar-refractivity contribution in [2.24, 2.45) is 0 Å².